The highest BCUT2D eigenvalue weighted by Crippen LogP contribution is 2.08. The first-order valence-corrected chi connectivity index (χ1v) is 6.65. The molecule has 3 heterocycles. The first-order chi connectivity index (χ1) is 9.90. The highest BCUT2D eigenvalue weighted by molar-refractivity contribution is 5.20. The maximum Gasteiger partial charge on any atom is 0.0466 e. The van der Waals surface area contributed by atoms with E-state index in [-0.39, 0.29) is 0 Å². The van der Waals surface area contributed by atoms with Gasteiger partial charge in [-0.15, -0.1) is 0 Å². The van der Waals surface area contributed by atoms with Crippen LogP contribution < -0.4 is 0 Å². The first kappa shape index (κ1) is 12.5. The molecule has 3 aromatic rings. The number of nitrogens with zero attached hydrogens (tertiary/aromatic N) is 3. The predicted molar refractivity (Wildman–Crippen MR) is 78.3 cm³/mol. The molecule has 0 bridgehead atoms. The van der Waals surface area contributed by atoms with Gasteiger partial charge in [0.1, 0.15) is 0 Å². The molecule has 3 aromatic heterocycles. The van der Waals surface area contributed by atoms with Crippen molar-refractivity contribution in [3.05, 3.63) is 89.8 Å². The summed E-state index contributed by atoms with van der Waals surface area (Å²) in [7, 11) is 0. The van der Waals surface area contributed by atoms with Gasteiger partial charge in [0, 0.05) is 48.0 Å². The normalized spacial score (nSPS) is 10.4. The Morgan fingerprint density at radius 2 is 1.05 bits per heavy atom. The van der Waals surface area contributed by atoms with Gasteiger partial charge in [0.2, 0.25) is 0 Å². The Hall–Kier alpha value is -2.55. The minimum absolute atomic E-state index is 0.761. The highest BCUT2D eigenvalue weighted by atomic mass is 14.7. The molecule has 3 rings (SSSR count). The van der Waals surface area contributed by atoms with E-state index in [1.807, 2.05) is 67.0 Å². The first-order valence-electron chi connectivity index (χ1n) is 6.65. The van der Waals surface area contributed by atoms with Crippen molar-refractivity contribution in [2.45, 2.75) is 12.8 Å². The van der Waals surface area contributed by atoms with E-state index in [2.05, 4.69) is 15.0 Å². The SMILES string of the molecule is c1ccc(Cc2cccc(Cc3ccccn3)n2)nc1. The molecular weight excluding hydrogens is 246 g/mol. The molecule has 3 heteroatoms. The van der Waals surface area contributed by atoms with Crippen LogP contribution in [0.5, 0.6) is 0 Å². The minimum atomic E-state index is 0.761. The summed E-state index contributed by atoms with van der Waals surface area (Å²) in [4.78, 5) is 13.4. The minimum Gasteiger partial charge on any atom is -0.261 e. The second-order valence-electron chi connectivity index (χ2n) is 4.62. The van der Waals surface area contributed by atoms with E-state index in [1.54, 1.807) is 0 Å². The summed E-state index contributed by atoms with van der Waals surface area (Å²) in [6.07, 6.45) is 5.15. The molecule has 0 aliphatic heterocycles. The van der Waals surface area contributed by atoms with Crippen molar-refractivity contribution in [2.24, 2.45) is 0 Å². The molecular formula is C17H15N3. The monoisotopic (exact) mass is 261 g/mol. The van der Waals surface area contributed by atoms with Gasteiger partial charge in [0.05, 0.1) is 0 Å². The Kier molecular flexibility index (Phi) is 3.78. The summed E-state index contributed by atoms with van der Waals surface area (Å²) in [5, 5.41) is 0. The van der Waals surface area contributed by atoms with E-state index in [9.17, 15) is 0 Å². The molecule has 3 nitrogen and oxygen atoms in total. The predicted octanol–water partition coefficient (Wildman–Crippen LogP) is 3.05. The lowest BCUT2D eigenvalue weighted by Crippen LogP contribution is -1.99. The van der Waals surface area contributed by atoms with Crippen LogP contribution in [0.4, 0.5) is 0 Å². The molecule has 0 amide bonds. The molecule has 0 spiro atoms. The van der Waals surface area contributed by atoms with Crippen LogP contribution in [0, 0.1) is 0 Å². The van der Waals surface area contributed by atoms with Gasteiger partial charge in [0.25, 0.3) is 0 Å². The van der Waals surface area contributed by atoms with E-state index >= 15 is 0 Å². The number of rotatable bonds is 4. The van der Waals surface area contributed by atoms with Gasteiger partial charge in [-0.3, -0.25) is 15.0 Å². The Bertz CT molecular complexity index is 609. The van der Waals surface area contributed by atoms with E-state index in [1.165, 1.54) is 0 Å². The number of hydrogen-bond acceptors (Lipinski definition) is 3. The third kappa shape index (κ3) is 3.26. The molecule has 0 aromatic carbocycles. The average Bonchev–Trinajstić information content (AvgIpc) is 2.50. The maximum atomic E-state index is 4.68. The van der Waals surface area contributed by atoms with Crippen LogP contribution in [0.15, 0.2) is 67.0 Å². The molecule has 0 N–H and O–H groups in total. The zero-order valence-corrected chi connectivity index (χ0v) is 11.1. The molecule has 0 atom stereocenters. The van der Waals surface area contributed by atoms with Crippen molar-refractivity contribution in [1.29, 1.82) is 0 Å². The lowest BCUT2D eigenvalue weighted by Gasteiger charge is -2.04. The smallest absolute Gasteiger partial charge is 0.0466 e. The quantitative estimate of drug-likeness (QED) is 0.724. The van der Waals surface area contributed by atoms with Crippen LogP contribution in [-0.2, 0) is 12.8 Å². The van der Waals surface area contributed by atoms with Crippen molar-refractivity contribution in [2.75, 3.05) is 0 Å². The number of hydrogen-bond donors (Lipinski definition) is 0. The average molecular weight is 261 g/mol. The summed E-state index contributed by atoms with van der Waals surface area (Å²) in [6, 6.07) is 18.0. The van der Waals surface area contributed by atoms with E-state index < -0.39 is 0 Å². The zero-order chi connectivity index (χ0) is 13.6. The fourth-order valence-corrected chi connectivity index (χ4v) is 2.10. The van der Waals surface area contributed by atoms with Crippen molar-refractivity contribution < 1.29 is 0 Å². The molecule has 98 valence electrons. The Morgan fingerprint density at radius 1 is 0.550 bits per heavy atom. The fraction of sp³-hybridized carbons (Fsp3) is 0.118. The molecule has 0 radical (unpaired) electrons. The summed E-state index contributed by atoms with van der Waals surface area (Å²) >= 11 is 0. The van der Waals surface area contributed by atoms with Gasteiger partial charge < -0.3 is 0 Å². The van der Waals surface area contributed by atoms with Crippen molar-refractivity contribution >= 4 is 0 Å². The summed E-state index contributed by atoms with van der Waals surface area (Å²) in [5.74, 6) is 0. The molecule has 0 saturated carbocycles. The van der Waals surface area contributed by atoms with Crippen LogP contribution in [0.25, 0.3) is 0 Å². The van der Waals surface area contributed by atoms with Crippen molar-refractivity contribution in [3.8, 4) is 0 Å². The zero-order valence-electron chi connectivity index (χ0n) is 11.1. The summed E-state index contributed by atoms with van der Waals surface area (Å²) in [6.45, 7) is 0. The van der Waals surface area contributed by atoms with Gasteiger partial charge in [-0.2, -0.15) is 0 Å². The molecule has 0 aliphatic carbocycles. The van der Waals surface area contributed by atoms with E-state index in [4.69, 9.17) is 0 Å². The van der Waals surface area contributed by atoms with Gasteiger partial charge in [-0.25, -0.2) is 0 Å². The van der Waals surface area contributed by atoms with Crippen LogP contribution >= 0.6 is 0 Å². The molecule has 20 heavy (non-hydrogen) atoms. The maximum absolute atomic E-state index is 4.68. The topological polar surface area (TPSA) is 38.7 Å². The standard InChI is InChI=1S/C17H15N3/c1-3-10-18-14(6-1)12-16-8-5-9-17(20-16)13-15-7-2-4-11-19-15/h1-11H,12-13H2. The van der Waals surface area contributed by atoms with Crippen LogP contribution in [0.2, 0.25) is 0 Å². The third-order valence-corrected chi connectivity index (χ3v) is 3.04. The fourth-order valence-electron chi connectivity index (χ4n) is 2.10. The summed E-state index contributed by atoms with van der Waals surface area (Å²) < 4.78 is 0. The molecule has 0 unspecified atom stereocenters. The van der Waals surface area contributed by atoms with Gasteiger partial charge in [-0.1, -0.05) is 18.2 Å². The van der Waals surface area contributed by atoms with Crippen molar-refractivity contribution in [1.82, 2.24) is 15.0 Å². The Morgan fingerprint density at radius 3 is 1.50 bits per heavy atom. The lowest BCUT2D eigenvalue weighted by atomic mass is 10.1. The second-order valence-corrected chi connectivity index (χ2v) is 4.62. The molecule has 0 saturated heterocycles. The van der Waals surface area contributed by atoms with Crippen LogP contribution in [-0.4, -0.2) is 15.0 Å². The Balaban J connectivity index is 1.76. The van der Waals surface area contributed by atoms with Crippen LogP contribution in [0.3, 0.4) is 0 Å². The molecule has 0 fully saturated rings. The lowest BCUT2D eigenvalue weighted by molar-refractivity contribution is 0.948. The Labute approximate surface area is 118 Å². The van der Waals surface area contributed by atoms with Gasteiger partial charge in [-0.05, 0) is 36.4 Å². The van der Waals surface area contributed by atoms with Gasteiger partial charge in [0.15, 0.2) is 0 Å². The number of pyridine rings is 3. The van der Waals surface area contributed by atoms with Gasteiger partial charge >= 0.3 is 0 Å². The number of aromatic nitrogens is 3. The third-order valence-electron chi connectivity index (χ3n) is 3.04. The van der Waals surface area contributed by atoms with Crippen molar-refractivity contribution in [3.63, 3.8) is 0 Å². The highest BCUT2D eigenvalue weighted by Gasteiger charge is 2.02. The second kappa shape index (κ2) is 6.06. The van der Waals surface area contributed by atoms with E-state index in [0.29, 0.717) is 0 Å². The van der Waals surface area contributed by atoms with E-state index in [0.717, 1.165) is 35.6 Å². The summed E-state index contributed by atoms with van der Waals surface area (Å²) in [5.41, 5.74) is 4.15. The molecule has 0 aliphatic rings. The largest absolute Gasteiger partial charge is 0.261 e. The van der Waals surface area contributed by atoms with Crippen LogP contribution in [0.1, 0.15) is 22.8 Å².